The Morgan fingerprint density at radius 1 is 1.29 bits per heavy atom. The molecule has 2 N–H and O–H groups in total. The minimum Gasteiger partial charge on any atom is -0.352 e. The van der Waals surface area contributed by atoms with Crippen molar-refractivity contribution in [1.29, 1.82) is 0 Å². The highest BCUT2D eigenvalue weighted by atomic mass is 32.2. The highest BCUT2D eigenvalue weighted by molar-refractivity contribution is 7.98. The second-order valence-corrected chi connectivity index (χ2v) is 5.11. The largest absolute Gasteiger partial charge is 0.352 e. The topological polar surface area (TPSA) is 62.7 Å². The lowest BCUT2D eigenvalue weighted by Gasteiger charge is -2.12. The first-order valence-electron chi connectivity index (χ1n) is 6.04. The minimum atomic E-state index is 0.376. The van der Waals surface area contributed by atoms with E-state index in [1.165, 1.54) is 24.6 Å². The Hall–Kier alpha value is -1.04. The van der Waals surface area contributed by atoms with Gasteiger partial charge in [-0.05, 0) is 32.4 Å². The smallest absolute Gasteiger partial charge is 0.228 e. The zero-order valence-electron chi connectivity index (χ0n) is 10.5. The molecule has 0 saturated heterocycles. The molecule has 0 aliphatic heterocycles. The summed E-state index contributed by atoms with van der Waals surface area (Å²) in [6, 6.07) is 0.935. The predicted molar refractivity (Wildman–Crippen MR) is 71.6 cm³/mol. The van der Waals surface area contributed by atoms with Crippen molar-refractivity contribution in [3.8, 4) is 0 Å². The van der Waals surface area contributed by atoms with E-state index in [1.54, 1.807) is 0 Å². The first kappa shape index (κ1) is 12.4. The van der Waals surface area contributed by atoms with Crippen molar-refractivity contribution in [2.75, 3.05) is 16.9 Å². The third-order valence-corrected chi connectivity index (χ3v) is 3.24. The summed E-state index contributed by atoms with van der Waals surface area (Å²) in [5.74, 6) is 1.36. The van der Waals surface area contributed by atoms with Crippen molar-refractivity contribution in [2.45, 2.75) is 50.4 Å². The summed E-state index contributed by atoms with van der Waals surface area (Å²) in [7, 11) is 0. The van der Waals surface area contributed by atoms with Crippen LogP contribution in [0.25, 0.3) is 0 Å². The van der Waals surface area contributed by atoms with Crippen molar-refractivity contribution >= 4 is 23.7 Å². The van der Waals surface area contributed by atoms with Crippen LogP contribution in [0, 0.1) is 0 Å². The molecule has 1 heterocycles. The zero-order chi connectivity index (χ0) is 12.3. The van der Waals surface area contributed by atoms with Gasteiger partial charge in [0, 0.05) is 12.1 Å². The second kappa shape index (κ2) is 5.53. The molecular formula is C11H19N5S. The van der Waals surface area contributed by atoms with E-state index >= 15 is 0 Å². The number of nitrogens with zero attached hydrogens (tertiary/aromatic N) is 3. The summed E-state index contributed by atoms with van der Waals surface area (Å²) in [4.78, 5) is 13.1. The van der Waals surface area contributed by atoms with Crippen LogP contribution >= 0.6 is 11.8 Å². The fourth-order valence-electron chi connectivity index (χ4n) is 1.31. The number of aromatic nitrogens is 3. The van der Waals surface area contributed by atoms with E-state index in [4.69, 9.17) is 0 Å². The number of nitrogens with one attached hydrogen (secondary N) is 2. The molecule has 94 valence electrons. The maximum Gasteiger partial charge on any atom is 0.228 e. The molecule has 1 aliphatic rings. The van der Waals surface area contributed by atoms with Crippen LogP contribution in [0.15, 0.2) is 5.16 Å². The molecule has 1 aromatic rings. The van der Waals surface area contributed by atoms with Crippen LogP contribution in [0.5, 0.6) is 0 Å². The third-order valence-electron chi connectivity index (χ3n) is 2.70. The van der Waals surface area contributed by atoms with Gasteiger partial charge in [-0.3, -0.25) is 0 Å². The van der Waals surface area contributed by atoms with Gasteiger partial charge in [-0.1, -0.05) is 18.7 Å². The molecule has 17 heavy (non-hydrogen) atoms. The number of thioether (sulfide) groups is 1. The predicted octanol–water partition coefficient (Wildman–Crippen LogP) is 2.38. The first-order chi connectivity index (χ1) is 8.21. The SMILES string of the molecule is CCC(C)Nc1nc(NC2CC2)nc(SC)n1. The molecule has 0 spiro atoms. The van der Waals surface area contributed by atoms with Crippen molar-refractivity contribution in [3.63, 3.8) is 0 Å². The molecule has 0 bridgehead atoms. The average Bonchev–Trinajstić information content (AvgIpc) is 3.12. The van der Waals surface area contributed by atoms with Crippen LogP contribution in [0.2, 0.25) is 0 Å². The van der Waals surface area contributed by atoms with Gasteiger partial charge in [0.2, 0.25) is 11.9 Å². The zero-order valence-corrected chi connectivity index (χ0v) is 11.3. The molecule has 1 unspecified atom stereocenters. The van der Waals surface area contributed by atoms with E-state index in [1.807, 2.05) is 6.26 Å². The van der Waals surface area contributed by atoms with E-state index in [9.17, 15) is 0 Å². The Bertz CT molecular complexity index is 380. The lowest BCUT2D eigenvalue weighted by molar-refractivity contribution is 0.743. The van der Waals surface area contributed by atoms with Gasteiger partial charge in [0.15, 0.2) is 5.16 Å². The molecule has 6 heteroatoms. The molecule has 1 aromatic heterocycles. The number of rotatable bonds is 6. The van der Waals surface area contributed by atoms with Gasteiger partial charge < -0.3 is 10.6 Å². The normalized spacial score (nSPS) is 16.6. The maximum atomic E-state index is 4.39. The van der Waals surface area contributed by atoms with Gasteiger partial charge in [-0.15, -0.1) is 0 Å². The Balaban J connectivity index is 2.12. The third kappa shape index (κ3) is 3.73. The van der Waals surface area contributed by atoms with Gasteiger partial charge in [0.05, 0.1) is 0 Å². The molecule has 1 saturated carbocycles. The van der Waals surface area contributed by atoms with Crippen molar-refractivity contribution in [1.82, 2.24) is 15.0 Å². The molecule has 1 atom stereocenters. The van der Waals surface area contributed by atoms with E-state index in [2.05, 4.69) is 39.4 Å². The summed E-state index contributed by atoms with van der Waals surface area (Å²) in [6.45, 7) is 4.26. The molecular weight excluding hydrogens is 234 g/mol. The van der Waals surface area contributed by atoms with Gasteiger partial charge >= 0.3 is 0 Å². The summed E-state index contributed by atoms with van der Waals surface area (Å²) in [5.41, 5.74) is 0. The van der Waals surface area contributed by atoms with Crippen LogP contribution in [-0.4, -0.2) is 33.3 Å². The van der Waals surface area contributed by atoms with Gasteiger partial charge in [0.25, 0.3) is 0 Å². The van der Waals surface area contributed by atoms with E-state index in [-0.39, 0.29) is 0 Å². The Morgan fingerprint density at radius 3 is 2.59 bits per heavy atom. The molecule has 0 radical (unpaired) electrons. The Morgan fingerprint density at radius 2 is 2.00 bits per heavy atom. The standard InChI is InChI=1S/C11H19N5S/c1-4-7(2)12-9-14-10(13-8-5-6-8)16-11(15-9)17-3/h7-8H,4-6H2,1-3H3,(H2,12,13,14,15,16). The first-order valence-corrected chi connectivity index (χ1v) is 7.27. The molecule has 0 amide bonds. The van der Waals surface area contributed by atoms with Crippen LogP contribution in [-0.2, 0) is 0 Å². The highest BCUT2D eigenvalue weighted by Gasteiger charge is 2.22. The van der Waals surface area contributed by atoms with Crippen LogP contribution in [0.3, 0.4) is 0 Å². The molecule has 1 fully saturated rings. The van der Waals surface area contributed by atoms with Crippen LogP contribution < -0.4 is 10.6 Å². The van der Waals surface area contributed by atoms with Crippen LogP contribution in [0.4, 0.5) is 11.9 Å². The maximum absolute atomic E-state index is 4.39. The van der Waals surface area contributed by atoms with Crippen LogP contribution in [0.1, 0.15) is 33.1 Å². The summed E-state index contributed by atoms with van der Waals surface area (Å²) < 4.78 is 0. The molecule has 1 aliphatic carbocycles. The lowest BCUT2D eigenvalue weighted by Crippen LogP contribution is -2.17. The van der Waals surface area contributed by atoms with E-state index in [0.29, 0.717) is 24.0 Å². The van der Waals surface area contributed by atoms with Gasteiger partial charge in [-0.25, -0.2) is 0 Å². The lowest BCUT2D eigenvalue weighted by atomic mass is 10.3. The number of hydrogen-bond acceptors (Lipinski definition) is 6. The van der Waals surface area contributed by atoms with E-state index < -0.39 is 0 Å². The number of anilines is 2. The quantitative estimate of drug-likeness (QED) is 0.759. The van der Waals surface area contributed by atoms with Crippen molar-refractivity contribution < 1.29 is 0 Å². The number of hydrogen-bond donors (Lipinski definition) is 2. The fourth-order valence-corrected chi connectivity index (χ4v) is 1.67. The second-order valence-electron chi connectivity index (χ2n) is 4.34. The summed E-state index contributed by atoms with van der Waals surface area (Å²) in [6.07, 6.45) is 5.46. The summed E-state index contributed by atoms with van der Waals surface area (Å²) in [5, 5.41) is 7.35. The highest BCUT2D eigenvalue weighted by Crippen LogP contribution is 2.24. The van der Waals surface area contributed by atoms with E-state index in [0.717, 1.165) is 11.6 Å². The minimum absolute atomic E-state index is 0.376. The Kier molecular flexibility index (Phi) is 4.04. The average molecular weight is 253 g/mol. The van der Waals surface area contributed by atoms with Crippen molar-refractivity contribution in [3.05, 3.63) is 0 Å². The molecule has 0 aromatic carbocycles. The fraction of sp³-hybridized carbons (Fsp3) is 0.727. The van der Waals surface area contributed by atoms with Gasteiger partial charge in [-0.2, -0.15) is 15.0 Å². The monoisotopic (exact) mass is 253 g/mol. The Labute approximate surface area is 106 Å². The van der Waals surface area contributed by atoms with Gasteiger partial charge in [0.1, 0.15) is 0 Å². The molecule has 5 nitrogen and oxygen atoms in total. The van der Waals surface area contributed by atoms with Crippen molar-refractivity contribution in [2.24, 2.45) is 0 Å². The summed E-state index contributed by atoms with van der Waals surface area (Å²) >= 11 is 1.54. The molecule has 2 rings (SSSR count).